The third-order valence-electron chi connectivity index (χ3n) is 6.21. The maximum Gasteiger partial charge on any atom is 0.331 e. The van der Waals surface area contributed by atoms with Crippen LogP contribution < -0.4 is 11.2 Å². The van der Waals surface area contributed by atoms with Crippen LogP contribution in [-0.4, -0.2) is 32.0 Å². The molecule has 0 bridgehead atoms. The molecule has 30 heavy (non-hydrogen) atoms. The van der Waals surface area contributed by atoms with Crippen LogP contribution in [0.4, 0.5) is 0 Å². The van der Waals surface area contributed by atoms with Gasteiger partial charge in [0.1, 0.15) is 5.56 Å². The lowest BCUT2D eigenvalue weighted by atomic mass is 9.88. The van der Waals surface area contributed by atoms with E-state index in [1.54, 1.807) is 4.90 Å². The molecule has 1 aromatic heterocycles. The van der Waals surface area contributed by atoms with Crippen LogP contribution in [0.1, 0.15) is 61.8 Å². The first-order chi connectivity index (χ1) is 14.5. The van der Waals surface area contributed by atoms with Crippen molar-refractivity contribution in [3.05, 3.63) is 73.4 Å². The number of hydrogen-bond acceptors (Lipinski definition) is 4. The van der Waals surface area contributed by atoms with Crippen molar-refractivity contribution in [2.75, 3.05) is 6.54 Å². The van der Waals surface area contributed by atoms with Gasteiger partial charge in [-0.05, 0) is 49.7 Å². The van der Waals surface area contributed by atoms with Gasteiger partial charge in [0.05, 0.1) is 6.04 Å². The molecular weight excluding hydrogens is 382 g/mol. The van der Waals surface area contributed by atoms with Crippen LogP contribution in [0.15, 0.2) is 45.5 Å². The molecule has 2 heterocycles. The first kappa shape index (κ1) is 20.2. The number of aromatic nitrogens is 2. The number of nitrogens with one attached hydrogen (secondary N) is 1. The van der Waals surface area contributed by atoms with Crippen molar-refractivity contribution in [3.8, 4) is 5.88 Å². The molecule has 2 aliphatic rings. The van der Waals surface area contributed by atoms with Crippen molar-refractivity contribution < 1.29 is 9.90 Å². The molecule has 1 aromatic carbocycles. The van der Waals surface area contributed by atoms with E-state index in [1.807, 2.05) is 24.3 Å². The number of aromatic amines is 1. The van der Waals surface area contributed by atoms with Gasteiger partial charge in [-0.25, -0.2) is 4.79 Å². The van der Waals surface area contributed by atoms with Gasteiger partial charge in [0.15, 0.2) is 0 Å². The lowest BCUT2D eigenvalue weighted by Crippen LogP contribution is -2.43. The molecule has 0 radical (unpaired) electrons. The molecule has 0 saturated heterocycles. The summed E-state index contributed by atoms with van der Waals surface area (Å²) in [5.41, 5.74) is 1.88. The highest BCUT2D eigenvalue weighted by atomic mass is 16.3. The highest BCUT2D eigenvalue weighted by molar-refractivity contribution is 5.75. The molecule has 1 aliphatic heterocycles. The fraction of sp³-hybridized carbons (Fsp3) is 0.435. The minimum atomic E-state index is -0.725. The third kappa shape index (κ3) is 3.72. The molecule has 0 saturated carbocycles. The van der Waals surface area contributed by atoms with Crippen molar-refractivity contribution in [2.24, 2.45) is 0 Å². The summed E-state index contributed by atoms with van der Waals surface area (Å²) < 4.78 is 1.22. The van der Waals surface area contributed by atoms with Crippen LogP contribution in [0.2, 0.25) is 0 Å². The lowest BCUT2D eigenvalue weighted by molar-refractivity contribution is -0.130. The molecule has 7 heteroatoms. The van der Waals surface area contributed by atoms with Crippen molar-refractivity contribution in [1.82, 2.24) is 14.5 Å². The number of benzene rings is 1. The molecular formula is C23H27N3O4. The number of allylic oxidation sites excluding steroid dienone is 2. The first-order valence-corrected chi connectivity index (χ1v) is 10.6. The molecule has 2 N–H and O–H groups in total. The Kier molecular flexibility index (Phi) is 5.61. The van der Waals surface area contributed by atoms with Crippen molar-refractivity contribution in [1.29, 1.82) is 0 Å². The predicted molar refractivity (Wildman–Crippen MR) is 114 cm³/mol. The Morgan fingerprint density at radius 1 is 1.20 bits per heavy atom. The maximum atomic E-state index is 12.8. The SMILES string of the molecule is CC(=O)N1CCc2ccccc2[C@@H]1c1c(O)n(CCC2=CCCCC2)c(=O)[nH]c1=O. The Bertz CT molecular complexity index is 1110. The average molecular weight is 409 g/mol. The second-order valence-electron chi connectivity index (χ2n) is 8.07. The molecule has 0 unspecified atom stereocenters. The summed E-state index contributed by atoms with van der Waals surface area (Å²) in [4.78, 5) is 41.6. The quantitative estimate of drug-likeness (QED) is 0.759. The van der Waals surface area contributed by atoms with E-state index in [1.165, 1.54) is 23.5 Å². The number of aromatic hydroxyl groups is 1. The van der Waals surface area contributed by atoms with Crippen LogP contribution in [0.25, 0.3) is 0 Å². The Hall–Kier alpha value is -3.09. The van der Waals surface area contributed by atoms with Gasteiger partial charge in [0, 0.05) is 20.0 Å². The molecule has 158 valence electrons. The Morgan fingerprint density at radius 2 is 2.00 bits per heavy atom. The zero-order valence-electron chi connectivity index (χ0n) is 17.2. The Morgan fingerprint density at radius 3 is 2.73 bits per heavy atom. The van der Waals surface area contributed by atoms with E-state index in [0.717, 1.165) is 30.4 Å². The van der Waals surface area contributed by atoms with Gasteiger partial charge in [0.2, 0.25) is 11.8 Å². The van der Waals surface area contributed by atoms with E-state index in [0.29, 0.717) is 19.4 Å². The summed E-state index contributed by atoms with van der Waals surface area (Å²) in [7, 11) is 0. The van der Waals surface area contributed by atoms with E-state index >= 15 is 0 Å². The molecule has 2 aromatic rings. The van der Waals surface area contributed by atoms with E-state index in [2.05, 4.69) is 11.1 Å². The predicted octanol–water partition coefficient (Wildman–Crippen LogP) is 2.63. The van der Waals surface area contributed by atoms with Gasteiger partial charge in [-0.15, -0.1) is 0 Å². The highest BCUT2D eigenvalue weighted by Crippen LogP contribution is 2.36. The smallest absolute Gasteiger partial charge is 0.331 e. The molecule has 1 aliphatic carbocycles. The molecule has 1 amide bonds. The minimum Gasteiger partial charge on any atom is -0.494 e. The third-order valence-corrected chi connectivity index (χ3v) is 6.21. The Balaban J connectivity index is 1.79. The van der Waals surface area contributed by atoms with Gasteiger partial charge >= 0.3 is 5.69 Å². The van der Waals surface area contributed by atoms with Crippen molar-refractivity contribution >= 4 is 5.91 Å². The number of carbonyl (C=O) groups excluding carboxylic acids is 1. The van der Waals surface area contributed by atoms with Crippen LogP contribution in [0, 0.1) is 0 Å². The molecule has 1 atom stereocenters. The molecule has 0 spiro atoms. The number of nitrogens with zero attached hydrogens (tertiary/aromatic N) is 2. The fourth-order valence-corrected chi connectivity index (χ4v) is 4.63. The number of amides is 1. The zero-order chi connectivity index (χ0) is 21.3. The van der Waals surface area contributed by atoms with Crippen LogP contribution in [0.5, 0.6) is 5.88 Å². The van der Waals surface area contributed by atoms with Crippen LogP contribution in [-0.2, 0) is 17.8 Å². The number of rotatable bonds is 4. The molecule has 0 fully saturated rings. The van der Waals surface area contributed by atoms with Crippen LogP contribution in [0.3, 0.4) is 0 Å². The van der Waals surface area contributed by atoms with Crippen molar-refractivity contribution in [2.45, 2.75) is 58.0 Å². The monoisotopic (exact) mass is 409 g/mol. The largest absolute Gasteiger partial charge is 0.494 e. The Labute approximate surface area is 174 Å². The fourth-order valence-electron chi connectivity index (χ4n) is 4.63. The van der Waals surface area contributed by atoms with Gasteiger partial charge in [-0.1, -0.05) is 35.9 Å². The summed E-state index contributed by atoms with van der Waals surface area (Å²) in [6.45, 7) is 2.19. The van der Waals surface area contributed by atoms with E-state index < -0.39 is 17.3 Å². The number of carbonyl (C=O) groups is 1. The van der Waals surface area contributed by atoms with E-state index in [9.17, 15) is 19.5 Å². The topological polar surface area (TPSA) is 95.4 Å². The van der Waals surface area contributed by atoms with Gasteiger partial charge in [-0.3, -0.25) is 19.1 Å². The normalized spacial score (nSPS) is 18.6. The van der Waals surface area contributed by atoms with Gasteiger partial charge in [-0.2, -0.15) is 0 Å². The number of fused-ring (bicyclic) bond motifs is 1. The summed E-state index contributed by atoms with van der Waals surface area (Å²) in [6, 6.07) is 6.89. The summed E-state index contributed by atoms with van der Waals surface area (Å²) >= 11 is 0. The zero-order valence-corrected chi connectivity index (χ0v) is 17.2. The maximum absolute atomic E-state index is 12.8. The van der Waals surface area contributed by atoms with Crippen molar-refractivity contribution in [3.63, 3.8) is 0 Å². The van der Waals surface area contributed by atoms with Crippen LogP contribution >= 0.6 is 0 Å². The second kappa shape index (κ2) is 8.34. The van der Waals surface area contributed by atoms with Gasteiger partial charge in [0.25, 0.3) is 5.56 Å². The first-order valence-electron chi connectivity index (χ1n) is 10.6. The highest BCUT2D eigenvalue weighted by Gasteiger charge is 2.35. The number of hydrogen-bond donors (Lipinski definition) is 2. The standard InChI is InChI=1S/C23H27N3O4/c1-15(27)25-14-12-17-9-5-6-10-18(17)20(25)19-21(28)24-23(30)26(22(19)29)13-11-16-7-3-2-4-8-16/h5-7,9-10,20,29H,2-4,8,11-14H2,1H3,(H,24,28,30)/t20-/m1/s1. The van der Waals surface area contributed by atoms with E-state index in [4.69, 9.17) is 0 Å². The average Bonchev–Trinajstić information content (AvgIpc) is 2.74. The lowest BCUT2D eigenvalue weighted by Gasteiger charge is -2.37. The minimum absolute atomic E-state index is 0.0505. The number of H-pyrrole nitrogens is 1. The summed E-state index contributed by atoms with van der Waals surface area (Å²) in [6.07, 6.45) is 7.89. The molecule has 7 nitrogen and oxygen atoms in total. The second-order valence-corrected chi connectivity index (χ2v) is 8.07. The van der Waals surface area contributed by atoms with Gasteiger partial charge < -0.3 is 10.0 Å². The van der Waals surface area contributed by atoms with E-state index in [-0.39, 0.29) is 23.9 Å². The summed E-state index contributed by atoms with van der Waals surface area (Å²) in [5, 5.41) is 11.0. The summed E-state index contributed by atoms with van der Waals surface area (Å²) in [5.74, 6) is -0.536. The molecule has 4 rings (SSSR count).